The number of nitrogens with one attached hydrogen (secondary N) is 1. The lowest BCUT2D eigenvalue weighted by Crippen LogP contribution is -2.08. The van der Waals surface area contributed by atoms with Crippen molar-refractivity contribution in [3.8, 4) is 6.07 Å². The minimum absolute atomic E-state index is 0.293. The number of nitrogens with zero attached hydrogens (tertiary/aromatic N) is 1. The van der Waals surface area contributed by atoms with Gasteiger partial charge in [-0.15, -0.1) is 0 Å². The van der Waals surface area contributed by atoms with Crippen molar-refractivity contribution in [3.05, 3.63) is 64.2 Å². The molecule has 0 heterocycles. The Labute approximate surface area is 127 Å². The number of rotatable bonds is 3. The monoisotopic (exact) mass is 304 g/mol. The Kier molecular flexibility index (Phi) is 4.41. The maximum absolute atomic E-state index is 12.7. The number of benzene rings is 2. The molecule has 0 atom stereocenters. The van der Waals surface area contributed by atoms with E-state index < -0.39 is 11.7 Å². The topological polar surface area (TPSA) is 35.8 Å². The van der Waals surface area contributed by atoms with E-state index in [0.717, 1.165) is 22.9 Å². The molecule has 22 heavy (non-hydrogen) atoms. The number of alkyl halides is 3. The Bertz CT molecular complexity index is 728. The molecule has 1 N–H and O–H groups in total. The highest BCUT2D eigenvalue weighted by molar-refractivity contribution is 5.52. The molecule has 0 aliphatic heterocycles. The van der Waals surface area contributed by atoms with Crippen LogP contribution in [0.1, 0.15) is 27.8 Å². The van der Waals surface area contributed by atoms with E-state index in [1.54, 1.807) is 19.1 Å². The van der Waals surface area contributed by atoms with E-state index in [9.17, 15) is 13.2 Å². The molecular formula is C17H15F3N2. The summed E-state index contributed by atoms with van der Waals surface area (Å²) in [6.45, 7) is 3.89. The van der Waals surface area contributed by atoms with E-state index >= 15 is 0 Å². The van der Waals surface area contributed by atoms with Gasteiger partial charge in [-0.05, 0) is 60.9 Å². The molecule has 2 aromatic carbocycles. The van der Waals surface area contributed by atoms with Gasteiger partial charge in [0.15, 0.2) is 0 Å². The Hall–Kier alpha value is -2.48. The van der Waals surface area contributed by atoms with Crippen LogP contribution in [0.3, 0.4) is 0 Å². The zero-order chi connectivity index (χ0) is 16.3. The molecule has 2 nitrogen and oxygen atoms in total. The highest BCUT2D eigenvalue weighted by Gasteiger charge is 2.30. The predicted molar refractivity (Wildman–Crippen MR) is 79.4 cm³/mol. The van der Waals surface area contributed by atoms with Gasteiger partial charge in [0.2, 0.25) is 0 Å². The summed E-state index contributed by atoms with van der Waals surface area (Å²) in [6.07, 6.45) is -4.34. The zero-order valence-corrected chi connectivity index (χ0v) is 12.3. The minimum Gasteiger partial charge on any atom is -0.381 e. The Balaban J connectivity index is 2.18. The molecule has 0 fully saturated rings. The smallest absolute Gasteiger partial charge is 0.381 e. The van der Waals surface area contributed by atoms with Crippen molar-refractivity contribution in [2.45, 2.75) is 26.6 Å². The van der Waals surface area contributed by atoms with Crippen LogP contribution >= 0.6 is 0 Å². The van der Waals surface area contributed by atoms with E-state index in [1.165, 1.54) is 12.1 Å². The standard InChI is InChI=1S/C17H15F3N2/c1-11-3-5-15(17(18,19)20)8-14(11)10-22-16-6-4-13(9-21)12(2)7-16/h3-8,22H,10H2,1-2H3. The van der Waals surface area contributed by atoms with Crippen LogP contribution in [-0.2, 0) is 12.7 Å². The molecule has 114 valence electrons. The molecule has 0 saturated heterocycles. The molecule has 5 heteroatoms. The summed E-state index contributed by atoms with van der Waals surface area (Å²) < 4.78 is 38.2. The largest absolute Gasteiger partial charge is 0.416 e. The van der Waals surface area contributed by atoms with E-state index in [1.807, 2.05) is 13.0 Å². The first kappa shape index (κ1) is 15.9. The second-order valence-electron chi connectivity index (χ2n) is 5.13. The van der Waals surface area contributed by atoms with E-state index in [-0.39, 0.29) is 0 Å². The van der Waals surface area contributed by atoms with Gasteiger partial charge in [0, 0.05) is 12.2 Å². The molecule has 0 aromatic heterocycles. The van der Waals surface area contributed by atoms with Crippen LogP contribution in [0, 0.1) is 25.2 Å². The number of anilines is 1. The van der Waals surface area contributed by atoms with Gasteiger partial charge in [0.05, 0.1) is 17.2 Å². The van der Waals surface area contributed by atoms with Gasteiger partial charge in [-0.3, -0.25) is 0 Å². The lowest BCUT2D eigenvalue weighted by Gasteiger charge is -2.13. The van der Waals surface area contributed by atoms with Crippen LogP contribution in [-0.4, -0.2) is 0 Å². The van der Waals surface area contributed by atoms with Gasteiger partial charge in [0.25, 0.3) is 0 Å². The molecule has 0 saturated carbocycles. The van der Waals surface area contributed by atoms with E-state index in [4.69, 9.17) is 5.26 Å². The van der Waals surface area contributed by atoms with Crippen molar-refractivity contribution in [1.29, 1.82) is 5.26 Å². The summed E-state index contributed by atoms with van der Waals surface area (Å²) in [7, 11) is 0. The Morgan fingerprint density at radius 2 is 1.77 bits per heavy atom. The van der Waals surface area contributed by atoms with Gasteiger partial charge in [-0.25, -0.2) is 0 Å². The summed E-state index contributed by atoms with van der Waals surface area (Å²) in [4.78, 5) is 0. The molecular weight excluding hydrogens is 289 g/mol. The molecule has 0 bridgehead atoms. The third kappa shape index (κ3) is 3.59. The predicted octanol–water partition coefficient (Wildman–Crippen LogP) is 4.81. The van der Waals surface area contributed by atoms with Crippen molar-refractivity contribution in [2.24, 2.45) is 0 Å². The third-order valence-electron chi connectivity index (χ3n) is 3.51. The molecule has 2 rings (SSSR count). The van der Waals surface area contributed by atoms with Crippen molar-refractivity contribution < 1.29 is 13.2 Å². The number of hydrogen-bond donors (Lipinski definition) is 1. The fraction of sp³-hybridized carbons (Fsp3) is 0.235. The molecule has 0 aliphatic carbocycles. The SMILES string of the molecule is Cc1cc(NCc2cc(C(F)(F)F)ccc2C)ccc1C#N. The average Bonchev–Trinajstić information content (AvgIpc) is 2.45. The summed E-state index contributed by atoms with van der Waals surface area (Å²) in [5.74, 6) is 0. The summed E-state index contributed by atoms with van der Waals surface area (Å²) in [6, 6.07) is 11.0. The first-order chi connectivity index (χ1) is 10.3. The van der Waals surface area contributed by atoms with E-state index in [0.29, 0.717) is 17.7 Å². The Morgan fingerprint density at radius 1 is 1.05 bits per heavy atom. The quantitative estimate of drug-likeness (QED) is 0.883. The molecule has 0 amide bonds. The molecule has 0 aliphatic rings. The average molecular weight is 304 g/mol. The highest BCUT2D eigenvalue weighted by atomic mass is 19.4. The second kappa shape index (κ2) is 6.10. The number of halogens is 3. The lowest BCUT2D eigenvalue weighted by atomic mass is 10.0. The van der Waals surface area contributed by atoms with Gasteiger partial charge in [-0.1, -0.05) is 6.07 Å². The van der Waals surface area contributed by atoms with Gasteiger partial charge >= 0.3 is 6.18 Å². The summed E-state index contributed by atoms with van der Waals surface area (Å²) in [5.41, 5.74) is 2.93. The lowest BCUT2D eigenvalue weighted by molar-refractivity contribution is -0.137. The highest BCUT2D eigenvalue weighted by Crippen LogP contribution is 2.30. The van der Waals surface area contributed by atoms with Crippen LogP contribution in [0.5, 0.6) is 0 Å². The molecule has 0 radical (unpaired) electrons. The Morgan fingerprint density at radius 3 is 2.36 bits per heavy atom. The van der Waals surface area contributed by atoms with Crippen molar-refractivity contribution in [1.82, 2.24) is 0 Å². The third-order valence-corrected chi connectivity index (χ3v) is 3.51. The van der Waals surface area contributed by atoms with E-state index in [2.05, 4.69) is 11.4 Å². The van der Waals surface area contributed by atoms with Gasteiger partial charge < -0.3 is 5.32 Å². The summed E-state index contributed by atoms with van der Waals surface area (Å²) >= 11 is 0. The van der Waals surface area contributed by atoms with Crippen LogP contribution in [0.15, 0.2) is 36.4 Å². The number of aryl methyl sites for hydroxylation is 2. The molecule has 2 aromatic rings. The first-order valence-electron chi connectivity index (χ1n) is 6.72. The first-order valence-corrected chi connectivity index (χ1v) is 6.72. The van der Waals surface area contributed by atoms with Crippen LogP contribution in [0.4, 0.5) is 18.9 Å². The number of hydrogen-bond acceptors (Lipinski definition) is 2. The molecule has 0 unspecified atom stereocenters. The minimum atomic E-state index is -4.34. The maximum atomic E-state index is 12.7. The van der Waals surface area contributed by atoms with Crippen molar-refractivity contribution >= 4 is 5.69 Å². The van der Waals surface area contributed by atoms with Crippen molar-refractivity contribution in [3.63, 3.8) is 0 Å². The fourth-order valence-electron chi connectivity index (χ4n) is 2.13. The maximum Gasteiger partial charge on any atom is 0.416 e. The summed E-state index contributed by atoms with van der Waals surface area (Å²) in [5, 5.41) is 12.0. The second-order valence-corrected chi connectivity index (χ2v) is 5.13. The van der Waals surface area contributed by atoms with Crippen LogP contribution in [0.25, 0.3) is 0 Å². The number of nitriles is 1. The normalized spacial score (nSPS) is 11.1. The zero-order valence-electron chi connectivity index (χ0n) is 12.3. The van der Waals surface area contributed by atoms with Gasteiger partial charge in [0.1, 0.15) is 0 Å². The van der Waals surface area contributed by atoms with Gasteiger partial charge in [-0.2, -0.15) is 18.4 Å². The van der Waals surface area contributed by atoms with Crippen molar-refractivity contribution in [2.75, 3.05) is 5.32 Å². The van der Waals surface area contributed by atoms with Crippen LogP contribution in [0.2, 0.25) is 0 Å². The molecule has 0 spiro atoms. The van der Waals surface area contributed by atoms with Crippen LogP contribution < -0.4 is 5.32 Å². The fourth-order valence-corrected chi connectivity index (χ4v) is 2.13.